The summed E-state index contributed by atoms with van der Waals surface area (Å²) in [5.74, 6) is 3.83. The highest BCUT2D eigenvalue weighted by atomic mass is 15.1. The van der Waals surface area contributed by atoms with Crippen molar-refractivity contribution < 1.29 is 0 Å². The van der Waals surface area contributed by atoms with Crippen LogP contribution in [0.4, 0.5) is 11.6 Å². The number of likely N-dealkylation sites (tertiary alicyclic amines) is 1. The van der Waals surface area contributed by atoms with E-state index >= 15 is 0 Å². The lowest BCUT2D eigenvalue weighted by molar-refractivity contribution is 0.345. The molecule has 1 aliphatic rings. The molecule has 1 saturated heterocycles. The minimum Gasteiger partial charge on any atom is -0.370 e. The van der Waals surface area contributed by atoms with Crippen molar-refractivity contribution in [3.8, 4) is 0 Å². The van der Waals surface area contributed by atoms with Crippen LogP contribution in [0.3, 0.4) is 0 Å². The van der Waals surface area contributed by atoms with Gasteiger partial charge in [0.25, 0.3) is 0 Å². The zero-order chi connectivity index (χ0) is 15.2. The van der Waals surface area contributed by atoms with Gasteiger partial charge in [0.1, 0.15) is 17.5 Å². The van der Waals surface area contributed by atoms with E-state index in [1.165, 1.54) is 19.5 Å². The lowest BCUT2D eigenvalue weighted by Crippen LogP contribution is -2.22. The Kier molecular flexibility index (Phi) is 5.79. The van der Waals surface area contributed by atoms with E-state index in [2.05, 4.69) is 53.2 Å². The molecule has 2 N–H and O–H groups in total. The average molecular weight is 291 g/mol. The van der Waals surface area contributed by atoms with Crippen molar-refractivity contribution in [2.75, 3.05) is 43.4 Å². The lowest BCUT2D eigenvalue weighted by Gasteiger charge is -2.15. The van der Waals surface area contributed by atoms with Gasteiger partial charge in [-0.1, -0.05) is 20.8 Å². The topological polar surface area (TPSA) is 53.1 Å². The number of aromatic nitrogens is 2. The van der Waals surface area contributed by atoms with Gasteiger partial charge in [0.15, 0.2) is 0 Å². The van der Waals surface area contributed by atoms with Crippen LogP contribution in [0, 0.1) is 5.92 Å². The van der Waals surface area contributed by atoms with Gasteiger partial charge in [-0.3, -0.25) is 0 Å². The van der Waals surface area contributed by atoms with Crippen molar-refractivity contribution in [2.24, 2.45) is 5.92 Å². The summed E-state index contributed by atoms with van der Waals surface area (Å²) in [6.07, 6.45) is 1.28. The highest BCUT2D eigenvalue weighted by Crippen LogP contribution is 2.19. The van der Waals surface area contributed by atoms with Gasteiger partial charge in [0.2, 0.25) is 0 Å². The molecule has 0 spiro atoms. The molecule has 1 atom stereocenters. The Morgan fingerprint density at radius 3 is 2.52 bits per heavy atom. The van der Waals surface area contributed by atoms with E-state index in [1.54, 1.807) is 0 Å². The van der Waals surface area contributed by atoms with Gasteiger partial charge >= 0.3 is 0 Å². The van der Waals surface area contributed by atoms with Gasteiger partial charge in [-0.2, -0.15) is 0 Å². The second-order valence-electron chi connectivity index (χ2n) is 6.11. The molecular formula is C16H29N5. The van der Waals surface area contributed by atoms with Crippen LogP contribution in [-0.2, 0) is 0 Å². The van der Waals surface area contributed by atoms with E-state index in [0.717, 1.165) is 43.0 Å². The van der Waals surface area contributed by atoms with Crippen LogP contribution in [0.5, 0.6) is 0 Å². The molecule has 5 nitrogen and oxygen atoms in total. The predicted molar refractivity (Wildman–Crippen MR) is 89.0 cm³/mol. The van der Waals surface area contributed by atoms with Gasteiger partial charge in [0.05, 0.1) is 0 Å². The van der Waals surface area contributed by atoms with E-state index < -0.39 is 0 Å². The molecule has 0 amide bonds. The SMILES string of the molecule is CCNc1cc(NCC2CCN(CC)C2)nc(C(C)C)n1. The summed E-state index contributed by atoms with van der Waals surface area (Å²) < 4.78 is 0. The maximum Gasteiger partial charge on any atom is 0.135 e. The Bertz CT molecular complexity index is 446. The fourth-order valence-corrected chi connectivity index (χ4v) is 2.70. The van der Waals surface area contributed by atoms with E-state index in [1.807, 2.05) is 6.07 Å². The van der Waals surface area contributed by atoms with Crippen LogP contribution in [0.1, 0.15) is 45.9 Å². The Morgan fingerprint density at radius 1 is 1.24 bits per heavy atom. The minimum atomic E-state index is 0.339. The smallest absolute Gasteiger partial charge is 0.135 e. The quantitative estimate of drug-likeness (QED) is 0.809. The molecule has 2 heterocycles. The third-order valence-corrected chi connectivity index (χ3v) is 4.01. The third kappa shape index (κ3) is 4.56. The van der Waals surface area contributed by atoms with Crippen molar-refractivity contribution in [3.05, 3.63) is 11.9 Å². The second-order valence-corrected chi connectivity index (χ2v) is 6.11. The maximum atomic E-state index is 4.64. The molecule has 1 unspecified atom stereocenters. The van der Waals surface area contributed by atoms with Crippen LogP contribution in [-0.4, -0.2) is 47.6 Å². The minimum absolute atomic E-state index is 0.339. The van der Waals surface area contributed by atoms with Crippen LogP contribution >= 0.6 is 0 Å². The van der Waals surface area contributed by atoms with Gasteiger partial charge in [-0.05, 0) is 32.4 Å². The molecule has 1 aromatic rings. The Hall–Kier alpha value is -1.36. The molecule has 21 heavy (non-hydrogen) atoms. The second kappa shape index (κ2) is 7.59. The van der Waals surface area contributed by atoms with Crippen LogP contribution in [0.15, 0.2) is 6.07 Å². The summed E-state index contributed by atoms with van der Waals surface area (Å²) in [5, 5.41) is 6.80. The fraction of sp³-hybridized carbons (Fsp3) is 0.750. The van der Waals surface area contributed by atoms with Gasteiger partial charge < -0.3 is 15.5 Å². The van der Waals surface area contributed by atoms with Crippen molar-refractivity contribution in [1.29, 1.82) is 0 Å². The molecular weight excluding hydrogens is 262 g/mol. The van der Waals surface area contributed by atoms with E-state index in [9.17, 15) is 0 Å². The molecule has 0 aromatic carbocycles. The number of nitrogens with zero attached hydrogens (tertiary/aromatic N) is 3. The molecule has 0 radical (unpaired) electrons. The van der Waals surface area contributed by atoms with Gasteiger partial charge in [0, 0.05) is 31.6 Å². The number of rotatable bonds is 7. The van der Waals surface area contributed by atoms with E-state index in [4.69, 9.17) is 0 Å². The molecule has 0 aliphatic carbocycles. The zero-order valence-corrected chi connectivity index (χ0v) is 13.8. The first kappa shape index (κ1) is 16.0. The van der Waals surface area contributed by atoms with Gasteiger partial charge in [-0.25, -0.2) is 9.97 Å². The van der Waals surface area contributed by atoms with E-state index in [0.29, 0.717) is 5.92 Å². The molecule has 1 aromatic heterocycles. The van der Waals surface area contributed by atoms with Crippen LogP contribution < -0.4 is 10.6 Å². The third-order valence-electron chi connectivity index (χ3n) is 4.01. The summed E-state index contributed by atoms with van der Waals surface area (Å²) in [4.78, 5) is 11.7. The lowest BCUT2D eigenvalue weighted by atomic mass is 10.1. The standard InChI is InChI=1S/C16H29N5/c1-5-17-14-9-15(20-16(19-14)12(3)4)18-10-13-7-8-21(6-2)11-13/h9,12-13H,5-8,10-11H2,1-4H3,(H2,17,18,19,20). The zero-order valence-electron chi connectivity index (χ0n) is 13.8. The molecule has 1 aliphatic heterocycles. The summed E-state index contributed by atoms with van der Waals surface area (Å²) in [6, 6.07) is 2.02. The van der Waals surface area contributed by atoms with Crippen molar-refractivity contribution >= 4 is 11.6 Å². The highest BCUT2D eigenvalue weighted by molar-refractivity contribution is 5.47. The number of anilines is 2. The van der Waals surface area contributed by atoms with Crippen LogP contribution in [0.2, 0.25) is 0 Å². The monoisotopic (exact) mass is 291 g/mol. The largest absolute Gasteiger partial charge is 0.370 e. The molecule has 0 bridgehead atoms. The highest BCUT2D eigenvalue weighted by Gasteiger charge is 2.21. The van der Waals surface area contributed by atoms with Crippen molar-refractivity contribution in [2.45, 2.75) is 40.0 Å². The van der Waals surface area contributed by atoms with Crippen molar-refractivity contribution in [3.63, 3.8) is 0 Å². The normalized spacial score (nSPS) is 19.2. The Labute approximate surface area is 128 Å². The molecule has 1 fully saturated rings. The van der Waals surface area contributed by atoms with Crippen molar-refractivity contribution in [1.82, 2.24) is 14.9 Å². The summed E-state index contributed by atoms with van der Waals surface area (Å²) in [7, 11) is 0. The molecule has 5 heteroatoms. The number of hydrogen-bond donors (Lipinski definition) is 2. The number of nitrogens with one attached hydrogen (secondary N) is 2. The molecule has 118 valence electrons. The summed E-state index contributed by atoms with van der Waals surface area (Å²) in [5.41, 5.74) is 0. The Morgan fingerprint density at radius 2 is 1.95 bits per heavy atom. The fourth-order valence-electron chi connectivity index (χ4n) is 2.70. The summed E-state index contributed by atoms with van der Waals surface area (Å²) >= 11 is 0. The first-order valence-electron chi connectivity index (χ1n) is 8.21. The first-order chi connectivity index (χ1) is 10.1. The molecule has 2 rings (SSSR count). The summed E-state index contributed by atoms with van der Waals surface area (Å²) in [6.45, 7) is 14.0. The average Bonchev–Trinajstić information content (AvgIpc) is 2.93. The van der Waals surface area contributed by atoms with E-state index in [-0.39, 0.29) is 0 Å². The maximum absolute atomic E-state index is 4.64. The number of hydrogen-bond acceptors (Lipinski definition) is 5. The van der Waals surface area contributed by atoms with Gasteiger partial charge in [-0.15, -0.1) is 0 Å². The molecule has 0 saturated carbocycles. The Balaban J connectivity index is 1.98. The first-order valence-corrected chi connectivity index (χ1v) is 8.21. The predicted octanol–water partition coefficient (Wildman–Crippen LogP) is 2.79. The van der Waals surface area contributed by atoms with Crippen LogP contribution in [0.25, 0.3) is 0 Å².